The monoisotopic (exact) mass is 494 g/mol. The molecule has 35 heavy (non-hydrogen) atoms. The predicted molar refractivity (Wildman–Crippen MR) is 134 cm³/mol. The zero-order valence-electron chi connectivity index (χ0n) is 19.0. The summed E-state index contributed by atoms with van der Waals surface area (Å²) in [4.78, 5) is 36.0. The van der Waals surface area contributed by atoms with E-state index in [9.17, 15) is 14.4 Å². The van der Waals surface area contributed by atoms with Gasteiger partial charge in [0, 0.05) is 16.4 Å². The third-order valence-corrected chi connectivity index (χ3v) is 4.82. The number of benzene rings is 3. The number of anilines is 2. The van der Waals surface area contributed by atoms with Crippen LogP contribution in [0.5, 0.6) is 11.5 Å². The van der Waals surface area contributed by atoms with Crippen LogP contribution in [-0.4, -0.2) is 37.7 Å². The molecule has 0 unspecified atom stereocenters. The van der Waals surface area contributed by atoms with Crippen molar-refractivity contribution in [1.29, 1.82) is 0 Å². The van der Waals surface area contributed by atoms with Gasteiger partial charge in [0.05, 0.1) is 13.3 Å². The van der Waals surface area contributed by atoms with E-state index in [0.29, 0.717) is 33.5 Å². The smallest absolute Gasteiger partial charge is 0.329 e. The molecule has 9 nitrogen and oxygen atoms in total. The van der Waals surface area contributed by atoms with Gasteiger partial charge in [0.2, 0.25) is 0 Å². The van der Waals surface area contributed by atoms with Crippen LogP contribution in [-0.2, 0) is 14.4 Å². The van der Waals surface area contributed by atoms with Gasteiger partial charge in [-0.1, -0.05) is 29.3 Å². The second-order valence-corrected chi connectivity index (χ2v) is 7.71. The molecule has 0 heterocycles. The van der Waals surface area contributed by atoms with Gasteiger partial charge in [-0.25, -0.2) is 5.43 Å². The molecule has 10 heteroatoms. The zero-order valence-corrected chi connectivity index (χ0v) is 19.8. The van der Waals surface area contributed by atoms with Crippen molar-refractivity contribution in [2.45, 2.75) is 6.92 Å². The number of ether oxygens (including phenoxy) is 2. The van der Waals surface area contributed by atoms with Gasteiger partial charge in [-0.2, -0.15) is 5.10 Å². The fourth-order valence-corrected chi connectivity index (χ4v) is 2.92. The quantitative estimate of drug-likeness (QED) is 0.250. The molecular formula is C25H23ClN4O5. The van der Waals surface area contributed by atoms with E-state index in [4.69, 9.17) is 21.1 Å². The summed E-state index contributed by atoms with van der Waals surface area (Å²) in [5.41, 5.74) is 4.86. The van der Waals surface area contributed by atoms with Gasteiger partial charge >= 0.3 is 11.8 Å². The summed E-state index contributed by atoms with van der Waals surface area (Å²) in [7, 11) is 1.45. The lowest BCUT2D eigenvalue weighted by Gasteiger charge is -2.11. The van der Waals surface area contributed by atoms with Gasteiger partial charge in [-0.3, -0.25) is 14.4 Å². The van der Waals surface area contributed by atoms with Crippen LogP contribution in [0, 0.1) is 6.92 Å². The minimum absolute atomic E-state index is 0.238. The molecule has 0 aromatic heterocycles. The van der Waals surface area contributed by atoms with Crippen LogP contribution < -0.4 is 25.5 Å². The Labute approximate surface area is 207 Å². The molecule has 180 valence electrons. The van der Waals surface area contributed by atoms with Gasteiger partial charge in [-0.05, 0) is 67.1 Å². The zero-order chi connectivity index (χ0) is 25.2. The first kappa shape index (κ1) is 25.3. The lowest BCUT2D eigenvalue weighted by Crippen LogP contribution is -2.32. The largest absolute Gasteiger partial charge is 0.493 e. The molecule has 0 spiro atoms. The van der Waals surface area contributed by atoms with Crippen molar-refractivity contribution in [3.8, 4) is 11.5 Å². The molecule has 0 atom stereocenters. The average molecular weight is 495 g/mol. The minimum Gasteiger partial charge on any atom is -0.493 e. The summed E-state index contributed by atoms with van der Waals surface area (Å²) < 4.78 is 10.9. The molecule has 0 aliphatic rings. The van der Waals surface area contributed by atoms with Gasteiger partial charge in [0.1, 0.15) is 0 Å². The molecule has 3 aromatic rings. The Morgan fingerprint density at radius 3 is 2.23 bits per heavy atom. The standard InChI is InChI=1S/C25H23ClN4O5/c1-16-3-8-20(9-4-16)29-24(32)25(33)30-27-14-17-5-12-21(22(13-17)34-2)35-15-23(31)28-19-10-6-18(26)7-11-19/h3-14H,15H2,1-2H3,(H,28,31)(H,29,32)(H,30,33)/b27-14-. The fourth-order valence-electron chi connectivity index (χ4n) is 2.80. The summed E-state index contributed by atoms with van der Waals surface area (Å²) in [5.74, 6) is -1.41. The number of hydrazone groups is 1. The SMILES string of the molecule is COc1cc(/C=N\NC(=O)C(=O)Nc2ccc(C)cc2)ccc1OCC(=O)Nc1ccc(Cl)cc1. The topological polar surface area (TPSA) is 118 Å². The number of aryl methyl sites for hydroxylation is 1. The van der Waals surface area contributed by atoms with Crippen molar-refractivity contribution >= 4 is 46.9 Å². The third kappa shape index (κ3) is 7.86. The maximum Gasteiger partial charge on any atom is 0.329 e. The molecular weight excluding hydrogens is 472 g/mol. The number of nitrogens with one attached hydrogen (secondary N) is 3. The van der Waals surface area contributed by atoms with Crippen LogP contribution in [0.2, 0.25) is 5.02 Å². The second kappa shape index (κ2) is 12.2. The first-order chi connectivity index (χ1) is 16.8. The van der Waals surface area contributed by atoms with Crippen LogP contribution in [0.1, 0.15) is 11.1 Å². The Morgan fingerprint density at radius 2 is 1.54 bits per heavy atom. The number of amides is 3. The highest BCUT2D eigenvalue weighted by Gasteiger charge is 2.13. The van der Waals surface area contributed by atoms with Gasteiger partial charge in [-0.15, -0.1) is 0 Å². The van der Waals surface area contributed by atoms with Crippen LogP contribution >= 0.6 is 11.6 Å². The number of carbonyl (C=O) groups excluding carboxylic acids is 3. The van der Waals surface area contributed by atoms with Crippen molar-refractivity contribution in [2.75, 3.05) is 24.4 Å². The number of halogens is 1. The Balaban J connectivity index is 1.51. The normalized spacial score (nSPS) is 10.5. The summed E-state index contributed by atoms with van der Waals surface area (Å²) in [6.45, 7) is 1.68. The van der Waals surface area contributed by atoms with Gasteiger partial charge in [0.25, 0.3) is 5.91 Å². The lowest BCUT2D eigenvalue weighted by molar-refractivity contribution is -0.136. The highest BCUT2D eigenvalue weighted by molar-refractivity contribution is 6.39. The van der Waals surface area contributed by atoms with Crippen molar-refractivity contribution in [2.24, 2.45) is 5.10 Å². The molecule has 0 fully saturated rings. The number of carbonyl (C=O) groups is 3. The highest BCUT2D eigenvalue weighted by Crippen LogP contribution is 2.27. The molecule has 0 aliphatic heterocycles. The van der Waals surface area contributed by atoms with E-state index in [-0.39, 0.29) is 12.5 Å². The molecule has 3 amide bonds. The summed E-state index contributed by atoms with van der Waals surface area (Å²) in [5, 5.41) is 9.54. The van der Waals surface area contributed by atoms with E-state index in [2.05, 4.69) is 21.2 Å². The van der Waals surface area contributed by atoms with Crippen molar-refractivity contribution < 1.29 is 23.9 Å². The van der Waals surface area contributed by atoms with E-state index in [1.54, 1.807) is 54.6 Å². The summed E-state index contributed by atoms with van der Waals surface area (Å²) in [6, 6.07) is 18.6. The molecule has 3 N–H and O–H groups in total. The Hall–Kier alpha value is -4.37. The maximum atomic E-state index is 12.1. The minimum atomic E-state index is -0.916. The first-order valence-electron chi connectivity index (χ1n) is 10.4. The van der Waals surface area contributed by atoms with Crippen LogP contribution in [0.3, 0.4) is 0 Å². The molecule has 3 aromatic carbocycles. The number of methoxy groups -OCH3 is 1. The molecule has 0 saturated carbocycles. The second-order valence-electron chi connectivity index (χ2n) is 7.27. The van der Waals surface area contributed by atoms with Crippen LogP contribution in [0.15, 0.2) is 71.8 Å². The average Bonchev–Trinajstić information content (AvgIpc) is 2.85. The number of nitrogens with zero attached hydrogens (tertiary/aromatic N) is 1. The van der Waals surface area contributed by atoms with Crippen molar-refractivity contribution in [1.82, 2.24) is 5.43 Å². The van der Waals surface area contributed by atoms with Gasteiger partial charge in [0.15, 0.2) is 18.1 Å². The van der Waals surface area contributed by atoms with Crippen LogP contribution in [0.4, 0.5) is 11.4 Å². The van der Waals surface area contributed by atoms with E-state index in [0.717, 1.165) is 5.56 Å². The van der Waals surface area contributed by atoms with E-state index < -0.39 is 11.8 Å². The number of hydrogen-bond donors (Lipinski definition) is 3. The summed E-state index contributed by atoms with van der Waals surface area (Å²) >= 11 is 5.83. The van der Waals surface area contributed by atoms with Crippen LogP contribution in [0.25, 0.3) is 0 Å². The van der Waals surface area contributed by atoms with E-state index in [1.807, 2.05) is 19.1 Å². The molecule has 0 aliphatic carbocycles. The fraction of sp³-hybridized carbons (Fsp3) is 0.120. The number of hydrogen-bond acceptors (Lipinski definition) is 6. The predicted octanol–water partition coefficient (Wildman–Crippen LogP) is 3.76. The summed E-state index contributed by atoms with van der Waals surface area (Å²) in [6.07, 6.45) is 1.34. The Morgan fingerprint density at radius 1 is 0.886 bits per heavy atom. The third-order valence-electron chi connectivity index (χ3n) is 4.57. The Bertz CT molecular complexity index is 1230. The molecule has 3 rings (SSSR count). The molecule has 0 bridgehead atoms. The molecule has 0 saturated heterocycles. The number of rotatable bonds is 8. The highest BCUT2D eigenvalue weighted by atomic mass is 35.5. The Kier molecular flexibility index (Phi) is 8.80. The van der Waals surface area contributed by atoms with Crippen molar-refractivity contribution in [3.05, 3.63) is 82.9 Å². The maximum absolute atomic E-state index is 12.1. The molecule has 0 radical (unpaired) electrons. The lowest BCUT2D eigenvalue weighted by atomic mass is 10.2. The van der Waals surface area contributed by atoms with Gasteiger partial charge < -0.3 is 20.1 Å². The van der Waals surface area contributed by atoms with E-state index in [1.165, 1.54) is 13.3 Å². The first-order valence-corrected chi connectivity index (χ1v) is 10.8. The van der Waals surface area contributed by atoms with E-state index >= 15 is 0 Å². The van der Waals surface area contributed by atoms with Crippen molar-refractivity contribution in [3.63, 3.8) is 0 Å².